The van der Waals surface area contributed by atoms with E-state index in [9.17, 15) is 9.59 Å². The van der Waals surface area contributed by atoms with Crippen LogP contribution in [0.25, 0.3) is 11.0 Å². The zero-order valence-corrected chi connectivity index (χ0v) is 17.3. The Morgan fingerprint density at radius 2 is 2.03 bits per heavy atom. The van der Waals surface area contributed by atoms with Gasteiger partial charge >= 0.3 is 0 Å². The summed E-state index contributed by atoms with van der Waals surface area (Å²) in [5, 5.41) is 3.37. The van der Waals surface area contributed by atoms with Crippen molar-refractivity contribution in [1.29, 1.82) is 0 Å². The van der Waals surface area contributed by atoms with Crippen molar-refractivity contribution in [2.75, 3.05) is 24.3 Å². The fourth-order valence-electron chi connectivity index (χ4n) is 3.20. The highest BCUT2D eigenvalue weighted by molar-refractivity contribution is 7.99. The highest BCUT2D eigenvalue weighted by Crippen LogP contribution is 2.32. The number of hydrogen-bond acceptors (Lipinski definition) is 6. The van der Waals surface area contributed by atoms with Gasteiger partial charge in [0.1, 0.15) is 18.7 Å². The van der Waals surface area contributed by atoms with Crippen LogP contribution < -0.4 is 20.3 Å². The lowest BCUT2D eigenvalue weighted by Gasteiger charge is -2.19. The molecule has 29 heavy (non-hydrogen) atoms. The molecule has 1 aromatic carbocycles. The standard InChI is InChI=1S/C20H22N4O4S/c1-11(2)24-19(26)18-14(8-12(3)21-18)23-20(24)29-10-17(25)22-13-4-5-15-16(9-13)28-7-6-27-15/h4-5,8-9,11,21H,6-7,10H2,1-3H3,(H,22,25). The summed E-state index contributed by atoms with van der Waals surface area (Å²) in [4.78, 5) is 32.9. The molecule has 3 aromatic rings. The van der Waals surface area contributed by atoms with Crippen LogP contribution in [0.3, 0.4) is 0 Å². The zero-order chi connectivity index (χ0) is 20.5. The van der Waals surface area contributed by atoms with Gasteiger partial charge in [-0.05, 0) is 39.0 Å². The van der Waals surface area contributed by atoms with Crippen LogP contribution >= 0.6 is 11.8 Å². The highest BCUT2D eigenvalue weighted by atomic mass is 32.2. The topological polar surface area (TPSA) is 98.2 Å². The van der Waals surface area contributed by atoms with Crippen LogP contribution in [0, 0.1) is 6.92 Å². The minimum atomic E-state index is -0.193. The second-order valence-corrected chi connectivity index (χ2v) is 8.01. The van der Waals surface area contributed by atoms with Gasteiger partial charge in [-0.25, -0.2) is 4.98 Å². The first-order valence-corrected chi connectivity index (χ1v) is 10.3. The minimum Gasteiger partial charge on any atom is -0.486 e. The van der Waals surface area contributed by atoms with E-state index in [0.717, 1.165) is 5.69 Å². The molecule has 0 fully saturated rings. The van der Waals surface area contributed by atoms with Gasteiger partial charge in [-0.1, -0.05) is 11.8 Å². The Morgan fingerprint density at radius 1 is 1.28 bits per heavy atom. The molecule has 1 aliphatic heterocycles. The number of fused-ring (bicyclic) bond motifs is 2. The summed E-state index contributed by atoms with van der Waals surface area (Å²) in [6.07, 6.45) is 0. The summed E-state index contributed by atoms with van der Waals surface area (Å²) in [6.45, 7) is 6.73. The summed E-state index contributed by atoms with van der Waals surface area (Å²) < 4.78 is 12.6. The van der Waals surface area contributed by atoms with E-state index in [-0.39, 0.29) is 23.3 Å². The second-order valence-electron chi connectivity index (χ2n) is 7.07. The van der Waals surface area contributed by atoms with Crippen LogP contribution in [0.1, 0.15) is 25.6 Å². The van der Waals surface area contributed by atoms with Crippen LogP contribution in [0.4, 0.5) is 5.69 Å². The fraction of sp³-hybridized carbons (Fsp3) is 0.350. The molecule has 4 rings (SSSR count). The van der Waals surface area contributed by atoms with Gasteiger partial charge in [-0.3, -0.25) is 14.2 Å². The number of anilines is 1. The van der Waals surface area contributed by atoms with Crippen LogP contribution in [-0.4, -0.2) is 39.4 Å². The number of nitrogens with one attached hydrogen (secondary N) is 2. The monoisotopic (exact) mass is 414 g/mol. The molecule has 8 nitrogen and oxygen atoms in total. The number of aryl methyl sites for hydroxylation is 1. The average Bonchev–Trinajstić information content (AvgIpc) is 3.06. The average molecular weight is 414 g/mol. The first kappa shape index (κ1) is 19.4. The van der Waals surface area contributed by atoms with E-state index in [1.807, 2.05) is 26.8 Å². The van der Waals surface area contributed by atoms with E-state index in [0.29, 0.717) is 46.6 Å². The van der Waals surface area contributed by atoms with Gasteiger partial charge in [0, 0.05) is 23.5 Å². The molecule has 0 spiro atoms. The number of rotatable bonds is 5. The summed E-state index contributed by atoms with van der Waals surface area (Å²) >= 11 is 1.24. The van der Waals surface area contributed by atoms with E-state index >= 15 is 0 Å². The number of benzene rings is 1. The maximum absolute atomic E-state index is 12.8. The Balaban J connectivity index is 1.51. The summed E-state index contributed by atoms with van der Waals surface area (Å²) in [5.74, 6) is 1.22. The molecular formula is C20H22N4O4S. The number of thioether (sulfide) groups is 1. The van der Waals surface area contributed by atoms with E-state index in [1.165, 1.54) is 11.8 Å². The van der Waals surface area contributed by atoms with Crippen molar-refractivity contribution in [3.8, 4) is 11.5 Å². The molecule has 1 amide bonds. The van der Waals surface area contributed by atoms with E-state index < -0.39 is 0 Å². The predicted octanol–water partition coefficient (Wildman–Crippen LogP) is 3.12. The number of carbonyl (C=O) groups is 1. The van der Waals surface area contributed by atoms with Crippen molar-refractivity contribution >= 4 is 34.4 Å². The molecule has 0 radical (unpaired) electrons. The minimum absolute atomic E-state index is 0.0774. The molecule has 0 saturated heterocycles. The van der Waals surface area contributed by atoms with Crippen molar-refractivity contribution in [2.24, 2.45) is 0 Å². The molecule has 0 saturated carbocycles. The van der Waals surface area contributed by atoms with Crippen molar-refractivity contribution in [1.82, 2.24) is 14.5 Å². The van der Waals surface area contributed by atoms with Crippen LogP contribution in [0.2, 0.25) is 0 Å². The van der Waals surface area contributed by atoms with Crippen LogP contribution in [0.5, 0.6) is 11.5 Å². The summed E-state index contributed by atoms with van der Waals surface area (Å²) in [7, 11) is 0. The first-order chi connectivity index (χ1) is 13.9. The van der Waals surface area contributed by atoms with Crippen molar-refractivity contribution in [3.63, 3.8) is 0 Å². The van der Waals surface area contributed by atoms with Gasteiger partial charge < -0.3 is 19.8 Å². The van der Waals surface area contributed by atoms with Gasteiger partial charge in [-0.2, -0.15) is 0 Å². The Bertz CT molecular complexity index is 1140. The molecule has 1 aliphatic rings. The first-order valence-electron chi connectivity index (χ1n) is 9.36. The van der Waals surface area contributed by atoms with E-state index in [4.69, 9.17) is 9.47 Å². The number of hydrogen-bond donors (Lipinski definition) is 2. The van der Waals surface area contributed by atoms with Crippen molar-refractivity contribution < 1.29 is 14.3 Å². The van der Waals surface area contributed by atoms with Crippen molar-refractivity contribution in [3.05, 3.63) is 40.3 Å². The number of nitrogens with zero attached hydrogens (tertiary/aromatic N) is 2. The van der Waals surface area contributed by atoms with Gasteiger partial charge in [-0.15, -0.1) is 0 Å². The lowest BCUT2D eigenvalue weighted by Crippen LogP contribution is -2.25. The van der Waals surface area contributed by atoms with E-state index in [1.54, 1.807) is 22.8 Å². The Hall–Kier alpha value is -2.94. The third-order valence-corrected chi connectivity index (χ3v) is 5.41. The molecule has 0 bridgehead atoms. The molecular weight excluding hydrogens is 392 g/mol. The van der Waals surface area contributed by atoms with Gasteiger partial charge in [0.25, 0.3) is 5.56 Å². The Kier molecular flexibility index (Phi) is 5.23. The Labute approximate surface area is 171 Å². The number of aromatic amines is 1. The molecule has 2 N–H and O–H groups in total. The second kappa shape index (κ2) is 7.82. The number of amides is 1. The third kappa shape index (κ3) is 3.95. The smallest absolute Gasteiger partial charge is 0.278 e. The van der Waals surface area contributed by atoms with Gasteiger partial charge in [0.05, 0.1) is 11.3 Å². The number of H-pyrrole nitrogens is 1. The maximum Gasteiger partial charge on any atom is 0.278 e. The number of ether oxygens (including phenoxy) is 2. The SMILES string of the molecule is Cc1cc2nc(SCC(=O)Nc3ccc4c(c3)OCCO4)n(C(C)C)c(=O)c2[nH]1. The molecule has 152 valence electrons. The summed E-state index contributed by atoms with van der Waals surface area (Å²) in [6, 6.07) is 7.05. The van der Waals surface area contributed by atoms with Gasteiger partial charge in [0.2, 0.25) is 5.91 Å². The molecule has 0 unspecified atom stereocenters. The zero-order valence-electron chi connectivity index (χ0n) is 16.4. The van der Waals surface area contributed by atoms with Crippen LogP contribution in [0.15, 0.2) is 34.2 Å². The lowest BCUT2D eigenvalue weighted by molar-refractivity contribution is -0.113. The van der Waals surface area contributed by atoms with Gasteiger partial charge in [0.15, 0.2) is 16.7 Å². The number of aromatic nitrogens is 3. The molecule has 2 aromatic heterocycles. The number of carbonyl (C=O) groups excluding carboxylic acids is 1. The van der Waals surface area contributed by atoms with Crippen LogP contribution in [-0.2, 0) is 4.79 Å². The Morgan fingerprint density at radius 3 is 2.79 bits per heavy atom. The predicted molar refractivity (Wildman–Crippen MR) is 112 cm³/mol. The quantitative estimate of drug-likeness (QED) is 0.492. The fourth-order valence-corrected chi connectivity index (χ4v) is 4.12. The molecule has 9 heteroatoms. The van der Waals surface area contributed by atoms with Crippen molar-refractivity contribution in [2.45, 2.75) is 32.0 Å². The third-order valence-electron chi connectivity index (χ3n) is 4.46. The summed E-state index contributed by atoms with van der Waals surface area (Å²) in [5.41, 5.74) is 2.47. The normalized spacial score (nSPS) is 13.1. The maximum atomic E-state index is 12.8. The van der Waals surface area contributed by atoms with E-state index in [2.05, 4.69) is 15.3 Å². The molecule has 3 heterocycles. The highest BCUT2D eigenvalue weighted by Gasteiger charge is 2.17. The molecule has 0 aliphatic carbocycles. The lowest BCUT2D eigenvalue weighted by atomic mass is 10.2. The largest absolute Gasteiger partial charge is 0.486 e. The molecule has 0 atom stereocenters.